The summed E-state index contributed by atoms with van der Waals surface area (Å²) in [5.74, 6) is 0.0608. The molecule has 0 saturated carbocycles. The summed E-state index contributed by atoms with van der Waals surface area (Å²) in [7, 11) is 0. The molecule has 1 unspecified atom stereocenters. The van der Waals surface area contributed by atoms with Gasteiger partial charge in [0.2, 0.25) is 0 Å². The maximum Gasteiger partial charge on any atom is 0.126 e. The van der Waals surface area contributed by atoms with E-state index in [0.29, 0.717) is 22.9 Å². The van der Waals surface area contributed by atoms with Crippen molar-refractivity contribution in [2.24, 2.45) is 5.92 Å². The molecule has 1 nitrogen and oxygen atoms in total. The van der Waals surface area contributed by atoms with E-state index in [2.05, 4.69) is 0 Å². The lowest BCUT2D eigenvalue weighted by Crippen LogP contribution is -2.29. The van der Waals surface area contributed by atoms with Crippen LogP contribution in [0.25, 0.3) is 0 Å². The maximum atomic E-state index is 13.5. The van der Waals surface area contributed by atoms with Crippen molar-refractivity contribution in [3.05, 3.63) is 34.6 Å². The van der Waals surface area contributed by atoms with Crippen LogP contribution in [0.1, 0.15) is 32.8 Å². The van der Waals surface area contributed by atoms with Crippen LogP contribution in [0.2, 0.25) is 5.02 Å². The molecule has 3 heteroatoms. The molecule has 0 bridgehead atoms. The first-order valence-corrected chi connectivity index (χ1v) is 5.84. The SMILES string of the molecule is CC(C)CC(C)(O)Cc1cc(Cl)ccc1F. The molecule has 0 amide bonds. The molecule has 1 aromatic rings. The van der Waals surface area contributed by atoms with E-state index in [1.54, 1.807) is 13.0 Å². The van der Waals surface area contributed by atoms with Gasteiger partial charge in [0, 0.05) is 11.4 Å². The van der Waals surface area contributed by atoms with E-state index in [-0.39, 0.29) is 12.2 Å². The molecule has 1 aromatic carbocycles. The number of hydrogen-bond donors (Lipinski definition) is 1. The second kappa shape index (κ2) is 5.15. The summed E-state index contributed by atoms with van der Waals surface area (Å²) in [6.07, 6.45) is 0.927. The van der Waals surface area contributed by atoms with Crippen LogP contribution in [-0.2, 0) is 6.42 Å². The van der Waals surface area contributed by atoms with Gasteiger partial charge in [-0.3, -0.25) is 0 Å². The van der Waals surface area contributed by atoms with Crippen LogP contribution in [0.4, 0.5) is 4.39 Å². The third kappa shape index (κ3) is 4.11. The van der Waals surface area contributed by atoms with E-state index in [9.17, 15) is 9.50 Å². The minimum Gasteiger partial charge on any atom is -0.390 e. The Morgan fingerprint density at radius 1 is 1.44 bits per heavy atom. The standard InChI is InChI=1S/C13H18ClFO/c1-9(2)7-13(3,16)8-10-6-11(14)4-5-12(10)15/h4-6,9,16H,7-8H2,1-3H3. The van der Waals surface area contributed by atoms with E-state index < -0.39 is 5.60 Å². The van der Waals surface area contributed by atoms with Gasteiger partial charge < -0.3 is 5.11 Å². The quantitative estimate of drug-likeness (QED) is 0.854. The molecule has 1 atom stereocenters. The Morgan fingerprint density at radius 2 is 2.06 bits per heavy atom. The Balaban J connectivity index is 2.82. The number of rotatable bonds is 4. The van der Waals surface area contributed by atoms with Gasteiger partial charge in [-0.2, -0.15) is 0 Å². The van der Waals surface area contributed by atoms with Gasteiger partial charge in [-0.15, -0.1) is 0 Å². The maximum absolute atomic E-state index is 13.5. The number of aliphatic hydroxyl groups is 1. The molecule has 0 heterocycles. The van der Waals surface area contributed by atoms with Gasteiger partial charge in [0.1, 0.15) is 5.82 Å². The molecule has 0 fully saturated rings. The highest BCUT2D eigenvalue weighted by atomic mass is 35.5. The minimum atomic E-state index is -0.889. The summed E-state index contributed by atoms with van der Waals surface area (Å²) in [5, 5.41) is 10.6. The van der Waals surface area contributed by atoms with Gasteiger partial charge in [0.25, 0.3) is 0 Å². The average Bonchev–Trinajstić information content (AvgIpc) is 2.08. The van der Waals surface area contributed by atoms with Crippen LogP contribution < -0.4 is 0 Å². The zero-order valence-electron chi connectivity index (χ0n) is 9.93. The highest BCUT2D eigenvalue weighted by Crippen LogP contribution is 2.24. The van der Waals surface area contributed by atoms with Crippen molar-refractivity contribution >= 4 is 11.6 Å². The van der Waals surface area contributed by atoms with Gasteiger partial charge in [-0.05, 0) is 43.0 Å². The van der Waals surface area contributed by atoms with Gasteiger partial charge in [0.05, 0.1) is 5.60 Å². The largest absolute Gasteiger partial charge is 0.390 e. The number of benzene rings is 1. The summed E-state index contributed by atoms with van der Waals surface area (Å²) >= 11 is 5.80. The van der Waals surface area contributed by atoms with E-state index in [4.69, 9.17) is 11.6 Å². The number of halogens is 2. The Kier molecular flexibility index (Phi) is 4.34. The molecular weight excluding hydrogens is 227 g/mol. The van der Waals surface area contributed by atoms with Crippen molar-refractivity contribution in [3.63, 3.8) is 0 Å². The van der Waals surface area contributed by atoms with Crippen molar-refractivity contribution < 1.29 is 9.50 Å². The summed E-state index contributed by atoms with van der Waals surface area (Å²) in [5.41, 5.74) is -0.419. The molecular formula is C13H18ClFO. The molecule has 0 aromatic heterocycles. The third-order valence-electron chi connectivity index (χ3n) is 2.43. The lowest BCUT2D eigenvalue weighted by atomic mass is 9.88. The Labute approximate surface area is 101 Å². The van der Waals surface area contributed by atoms with Crippen LogP contribution in [-0.4, -0.2) is 10.7 Å². The molecule has 0 radical (unpaired) electrons. The van der Waals surface area contributed by atoms with Gasteiger partial charge >= 0.3 is 0 Å². The molecule has 1 N–H and O–H groups in total. The zero-order chi connectivity index (χ0) is 12.3. The molecule has 0 aliphatic carbocycles. The molecule has 0 aliphatic rings. The highest BCUT2D eigenvalue weighted by molar-refractivity contribution is 6.30. The lowest BCUT2D eigenvalue weighted by Gasteiger charge is -2.25. The first-order valence-electron chi connectivity index (χ1n) is 5.46. The summed E-state index contributed by atoms with van der Waals surface area (Å²) < 4.78 is 13.5. The average molecular weight is 245 g/mol. The van der Waals surface area contributed by atoms with Crippen LogP contribution in [0.5, 0.6) is 0 Å². The van der Waals surface area contributed by atoms with Gasteiger partial charge in [-0.25, -0.2) is 4.39 Å². The monoisotopic (exact) mass is 244 g/mol. The Bertz CT molecular complexity index is 361. The van der Waals surface area contributed by atoms with Crippen molar-refractivity contribution in [1.29, 1.82) is 0 Å². The second-order valence-corrected chi connectivity index (χ2v) is 5.44. The topological polar surface area (TPSA) is 20.2 Å². The molecule has 16 heavy (non-hydrogen) atoms. The Morgan fingerprint density at radius 3 is 2.62 bits per heavy atom. The van der Waals surface area contributed by atoms with Crippen molar-refractivity contribution in [2.75, 3.05) is 0 Å². The molecule has 0 aliphatic heterocycles. The predicted molar refractivity (Wildman–Crippen MR) is 65.2 cm³/mol. The normalized spacial score (nSPS) is 15.2. The van der Waals surface area contributed by atoms with Crippen LogP contribution in [0.3, 0.4) is 0 Å². The summed E-state index contributed by atoms with van der Waals surface area (Å²) in [6, 6.07) is 4.42. The predicted octanol–water partition coefficient (Wildman–Crippen LogP) is 3.82. The fraction of sp³-hybridized carbons (Fsp3) is 0.538. The molecule has 0 spiro atoms. The highest BCUT2D eigenvalue weighted by Gasteiger charge is 2.23. The molecule has 0 saturated heterocycles. The summed E-state index contributed by atoms with van der Waals surface area (Å²) in [4.78, 5) is 0. The van der Waals surface area contributed by atoms with Crippen LogP contribution in [0.15, 0.2) is 18.2 Å². The smallest absolute Gasteiger partial charge is 0.126 e. The van der Waals surface area contributed by atoms with Gasteiger partial charge in [-0.1, -0.05) is 25.4 Å². The van der Waals surface area contributed by atoms with E-state index >= 15 is 0 Å². The minimum absolute atomic E-state index is 0.289. The van der Waals surface area contributed by atoms with Gasteiger partial charge in [0.15, 0.2) is 0 Å². The van der Waals surface area contributed by atoms with Crippen molar-refractivity contribution in [3.8, 4) is 0 Å². The van der Waals surface area contributed by atoms with E-state index in [1.807, 2.05) is 13.8 Å². The first-order chi connectivity index (χ1) is 7.30. The van der Waals surface area contributed by atoms with Crippen LogP contribution in [0, 0.1) is 11.7 Å². The first kappa shape index (κ1) is 13.5. The van der Waals surface area contributed by atoms with Crippen molar-refractivity contribution in [2.45, 2.75) is 39.2 Å². The van der Waals surface area contributed by atoms with E-state index in [0.717, 1.165) is 0 Å². The van der Waals surface area contributed by atoms with E-state index in [1.165, 1.54) is 12.1 Å². The summed E-state index contributed by atoms with van der Waals surface area (Å²) in [6.45, 7) is 5.79. The number of hydrogen-bond acceptors (Lipinski definition) is 1. The van der Waals surface area contributed by atoms with Crippen LogP contribution >= 0.6 is 11.6 Å². The Hall–Kier alpha value is -0.600. The van der Waals surface area contributed by atoms with Crippen molar-refractivity contribution in [1.82, 2.24) is 0 Å². The lowest BCUT2D eigenvalue weighted by molar-refractivity contribution is 0.0380. The third-order valence-corrected chi connectivity index (χ3v) is 2.66. The zero-order valence-corrected chi connectivity index (χ0v) is 10.7. The fourth-order valence-corrected chi connectivity index (χ4v) is 2.24. The molecule has 1 rings (SSSR count). The molecule has 90 valence electrons. The second-order valence-electron chi connectivity index (χ2n) is 5.01. The fourth-order valence-electron chi connectivity index (χ4n) is 2.04.